The lowest BCUT2D eigenvalue weighted by Crippen LogP contribution is -2.05. The van der Waals surface area contributed by atoms with Crippen LogP contribution in [0.5, 0.6) is 11.6 Å². The van der Waals surface area contributed by atoms with Gasteiger partial charge in [0.2, 0.25) is 5.88 Å². The number of carbonyl (C=O) groups is 1. The van der Waals surface area contributed by atoms with Crippen molar-refractivity contribution in [3.8, 4) is 11.6 Å². The van der Waals surface area contributed by atoms with Crippen molar-refractivity contribution in [3.63, 3.8) is 0 Å². The van der Waals surface area contributed by atoms with Crippen LogP contribution in [0.2, 0.25) is 0 Å². The molecule has 0 unspecified atom stereocenters. The Morgan fingerprint density at radius 3 is 2.74 bits per heavy atom. The number of hydrogen-bond donors (Lipinski definition) is 1. The third kappa shape index (κ3) is 4.75. The first-order valence-corrected chi connectivity index (χ1v) is 6.97. The maximum Gasteiger partial charge on any atom is 0.339 e. The van der Waals surface area contributed by atoms with Gasteiger partial charge < -0.3 is 9.47 Å². The van der Waals surface area contributed by atoms with Crippen molar-refractivity contribution >= 4 is 5.97 Å². The number of esters is 1. The number of aromatic nitrogens is 1. The first kappa shape index (κ1) is 16.9. The van der Waals surface area contributed by atoms with Crippen molar-refractivity contribution in [3.05, 3.63) is 53.2 Å². The molecule has 0 aliphatic heterocycles. The van der Waals surface area contributed by atoms with E-state index in [9.17, 15) is 4.79 Å². The highest BCUT2D eigenvalue weighted by molar-refractivity contribution is 5.89. The molecule has 1 aromatic carbocycles. The summed E-state index contributed by atoms with van der Waals surface area (Å²) in [4.78, 5) is 20.1. The monoisotopic (exact) mass is 319 g/mol. The van der Waals surface area contributed by atoms with Gasteiger partial charge in [-0.25, -0.2) is 19.9 Å². The standard InChI is InChI=1S/C16H17NO6/c1-3-20-16(18)12-5-7-15(17-9-12)22-14-6-4-11(2)13(8-14)10-21-23-19/h4-9,19H,3,10H2,1-2H3. The van der Waals surface area contributed by atoms with E-state index in [-0.39, 0.29) is 6.61 Å². The number of rotatable bonds is 7. The van der Waals surface area contributed by atoms with Crippen LogP contribution in [0.4, 0.5) is 0 Å². The van der Waals surface area contributed by atoms with Crippen molar-refractivity contribution < 1.29 is 29.5 Å². The highest BCUT2D eigenvalue weighted by atomic mass is 17.5. The van der Waals surface area contributed by atoms with E-state index in [1.807, 2.05) is 13.0 Å². The predicted molar refractivity (Wildman–Crippen MR) is 79.9 cm³/mol. The highest BCUT2D eigenvalue weighted by Gasteiger charge is 2.08. The molecule has 0 aliphatic carbocycles. The van der Waals surface area contributed by atoms with E-state index < -0.39 is 5.97 Å². The average Bonchev–Trinajstić information content (AvgIpc) is 2.56. The van der Waals surface area contributed by atoms with Crippen LogP contribution in [-0.4, -0.2) is 22.8 Å². The third-order valence-electron chi connectivity index (χ3n) is 3.06. The molecule has 0 atom stereocenters. The van der Waals surface area contributed by atoms with Gasteiger partial charge in [-0.1, -0.05) is 11.1 Å². The number of benzene rings is 1. The Kier molecular flexibility index (Phi) is 6.04. The minimum absolute atomic E-state index is 0.0781. The molecule has 0 aliphatic rings. The molecular formula is C16H17NO6. The summed E-state index contributed by atoms with van der Waals surface area (Å²) in [6.45, 7) is 4.02. The number of hydrogen-bond acceptors (Lipinski definition) is 7. The van der Waals surface area contributed by atoms with Crippen LogP contribution < -0.4 is 4.74 Å². The molecule has 7 nitrogen and oxygen atoms in total. The van der Waals surface area contributed by atoms with Gasteiger partial charge >= 0.3 is 5.97 Å². The molecule has 0 fully saturated rings. The number of nitrogens with zero attached hydrogens (tertiary/aromatic N) is 1. The van der Waals surface area contributed by atoms with Gasteiger partial charge in [-0.2, -0.15) is 0 Å². The number of aryl methyl sites for hydroxylation is 1. The number of carbonyl (C=O) groups excluding carboxylic acids is 1. The minimum Gasteiger partial charge on any atom is -0.462 e. The van der Waals surface area contributed by atoms with E-state index in [4.69, 9.17) is 14.7 Å². The molecule has 2 aromatic rings. The second kappa shape index (κ2) is 8.23. The van der Waals surface area contributed by atoms with Gasteiger partial charge in [0.05, 0.1) is 12.2 Å². The fourth-order valence-electron chi connectivity index (χ4n) is 1.85. The molecule has 1 aromatic heterocycles. The summed E-state index contributed by atoms with van der Waals surface area (Å²) in [6, 6.07) is 8.53. The van der Waals surface area contributed by atoms with Gasteiger partial charge in [0.25, 0.3) is 0 Å². The van der Waals surface area contributed by atoms with Crippen molar-refractivity contribution in [2.24, 2.45) is 0 Å². The first-order valence-electron chi connectivity index (χ1n) is 6.97. The summed E-state index contributed by atoms with van der Waals surface area (Å²) in [5.41, 5.74) is 2.11. The maximum atomic E-state index is 11.5. The largest absolute Gasteiger partial charge is 0.462 e. The van der Waals surface area contributed by atoms with E-state index in [1.54, 1.807) is 31.2 Å². The van der Waals surface area contributed by atoms with Crippen LogP contribution >= 0.6 is 0 Å². The van der Waals surface area contributed by atoms with Crippen LogP contribution in [0, 0.1) is 6.92 Å². The summed E-state index contributed by atoms with van der Waals surface area (Å²) in [7, 11) is 0. The van der Waals surface area contributed by atoms with Gasteiger partial charge in [0, 0.05) is 12.3 Å². The molecule has 2 rings (SSSR count). The fourth-order valence-corrected chi connectivity index (χ4v) is 1.85. The number of ether oxygens (including phenoxy) is 2. The van der Waals surface area contributed by atoms with Gasteiger partial charge in [-0.05, 0) is 43.2 Å². The summed E-state index contributed by atoms with van der Waals surface area (Å²) >= 11 is 0. The van der Waals surface area contributed by atoms with Crippen molar-refractivity contribution in [2.75, 3.05) is 6.61 Å². The smallest absolute Gasteiger partial charge is 0.339 e. The van der Waals surface area contributed by atoms with E-state index in [0.29, 0.717) is 23.8 Å². The van der Waals surface area contributed by atoms with Crippen LogP contribution in [-0.2, 0) is 21.3 Å². The van der Waals surface area contributed by atoms with E-state index in [1.165, 1.54) is 6.20 Å². The van der Waals surface area contributed by atoms with Crippen LogP contribution in [0.1, 0.15) is 28.4 Å². The molecule has 0 spiro atoms. The second-order valence-electron chi connectivity index (χ2n) is 4.63. The zero-order chi connectivity index (χ0) is 16.7. The Hall–Kier alpha value is -2.48. The van der Waals surface area contributed by atoms with Crippen LogP contribution in [0.15, 0.2) is 36.5 Å². The zero-order valence-electron chi connectivity index (χ0n) is 12.8. The van der Waals surface area contributed by atoms with E-state index >= 15 is 0 Å². The van der Waals surface area contributed by atoms with Crippen LogP contribution in [0.25, 0.3) is 0 Å². The zero-order valence-corrected chi connectivity index (χ0v) is 12.8. The summed E-state index contributed by atoms with van der Waals surface area (Å²) in [5.74, 6) is 0.459. The Bertz CT molecular complexity index is 656. The quantitative estimate of drug-likeness (QED) is 0.476. The lowest BCUT2D eigenvalue weighted by molar-refractivity contribution is -0.496. The van der Waals surface area contributed by atoms with Crippen molar-refractivity contribution in [1.82, 2.24) is 4.98 Å². The van der Waals surface area contributed by atoms with E-state index in [2.05, 4.69) is 14.9 Å². The SMILES string of the molecule is CCOC(=O)c1ccc(Oc2ccc(C)c(COOO)c2)nc1. The lowest BCUT2D eigenvalue weighted by atomic mass is 10.1. The Balaban J connectivity index is 2.08. The summed E-state index contributed by atoms with van der Waals surface area (Å²) in [5, 5.41) is 11.8. The van der Waals surface area contributed by atoms with Gasteiger partial charge in [-0.3, -0.25) is 0 Å². The van der Waals surface area contributed by atoms with Gasteiger partial charge in [0.15, 0.2) is 0 Å². The third-order valence-corrected chi connectivity index (χ3v) is 3.06. The molecule has 0 bridgehead atoms. The molecule has 0 amide bonds. The molecule has 0 saturated heterocycles. The predicted octanol–water partition coefficient (Wildman–Crippen LogP) is 3.28. The Morgan fingerprint density at radius 2 is 2.09 bits per heavy atom. The Morgan fingerprint density at radius 1 is 1.26 bits per heavy atom. The first-order chi connectivity index (χ1) is 11.1. The molecule has 0 saturated carbocycles. The second-order valence-corrected chi connectivity index (χ2v) is 4.63. The lowest BCUT2D eigenvalue weighted by Gasteiger charge is -2.09. The molecule has 23 heavy (non-hydrogen) atoms. The Labute approximate surface area is 133 Å². The minimum atomic E-state index is -0.426. The average molecular weight is 319 g/mol. The summed E-state index contributed by atoms with van der Waals surface area (Å²) < 4.78 is 10.5. The van der Waals surface area contributed by atoms with Crippen LogP contribution in [0.3, 0.4) is 0 Å². The fraction of sp³-hybridized carbons (Fsp3) is 0.250. The molecular weight excluding hydrogens is 302 g/mol. The van der Waals surface area contributed by atoms with Gasteiger partial charge in [-0.15, -0.1) is 0 Å². The molecule has 7 heteroatoms. The molecule has 0 radical (unpaired) electrons. The molecule has 1 N–H and O–H groups in total. The van der Waals surface area contributed by atoms with Crippen molar-refractivity contribution in [2.45, 2.75) is 20.5 Å². The topological polar surface area (TPSA) is 87.1 Å². The van der Waals surface area contributed by atoms with E-state index in [0.717, 1.165) is 11.1 Å². The molecule has 122 valence electrons. The van der Waals surface area contributed by atoms with Gasteiger partial charge in [0.1, 0.15) is 12.4 Å². The maximum absolute atomic E-state index is 11.5. The molecule has 1 heterocycles. The highest BCUT2D eigenvalue weighted by Crippen LogP contribution is 2.23. The number of pyridine rings is 1. The summed E-state index contributed by atoms with van der Waals surface area (Å²) in [6.07, 6.45) is 1.39. The normalized spacial score (nSPS) is 10.4. The van der Waals surface area contributed by atoms with Crippen molar-refractivity contribution in [1.29, 1.82) is 0 Å².